The molecule has 2 amide bonds. The van der Waals surface area contributed by atoms with Gasteiger partial charge in [-0.05, 0) is 60.0 Å². The lowest BCUT2D eigenvalue weighted by Crippen LogP contribution is -2.48. The number of nitrogens with one attached hydrogen (secondary N) is 1. The number of hydrogen-bond acceptors (Lipinski definition) is 4. The number of hydrogen-bond donors (Lipinski definition) is 1. The number of carbonyl (C=O) groups excluding carboxylic acids is 2. The summed E-state index contributed by atoms with van der Waals surface area (Å²) in [6, 6.07) is 18.9. The molecule has 3 aromatic rings. The van der Waals surface area contributed by atoms with Gasteiger partial charge < -0.3 is 15.1 Å². The maximum atomic E-state index is 12.5. The van der Waals surface area contributed by atoms with E-state index < -0.39 is 0 Å². The molecule has 1 aliphatic heterocycles. The van der Waals surface area contributed by atoms with E-state index in [1.807, 2.05) is 58.8 Å². The lowest BCUT2D eigenvalue weighted by molar-refractivity contribution is 0.0751. The molecule has 5 nitrogen and oxygen atoms in total. The largest absolute Gasteiger partial charge is 0.368 e. The molecule has 29 heavy (non-hydrogen) atoms. The van der Waals surface area contributed by atoms with Gasteiger partial charge in [0.05, 0.1) is 4.88 Å². The summed E-state index contributed by atoms with van der Waals surface area (Å²) in [5.74, 6) is -0.0170. The third-order valence-electron chi connectivity index (χ3n) is 4.90. The van der Waals surface area contributed by atoms with E-state index in [-0.39, 0.29) is 11.8 Å². The van der Waals surface area contributed by atoms with E-state index >= 15 is 0 Å². The topological polar surface area (TPSA) is 52.7 Å². The Morgan fingerprint density at radius 2 is 1.59 bits per heavy atom. The average Bonchev–Trinajstić information content (AvgIpc) is 3.29. The highest BCUT2D eigenvalue weighted by Gasteiger charge is 2.22. The minimum Gasteiger partial charge on any atom is -0.368 e. The molecule has 0 bridgehead atoms. The van der Waals surface area contributed by atoms with E-state index in [0.717, 1.165) is 33.8 Å². The van der Waals surface area contributed by atoms with Gasteiger partial charge in [-0.2, -0.15) is 0 Å². The molecule has 0 aliphatic carbocycles. The van der Waals surface area contributed by atoms with Crippen molar-refractivity contribution < 1.29 is 9.59 Å². The number of amides is 2. The highest BCUT2D eigenvalue weighted by Crippen LogP contribution is 2.21. The number of carbonyl (C=O) groups is 2. The van der Waals surface area contributed by atoms with E-state index in [1.165, 1.54) is 11.3 Å². The molecule has 1 saturated heterocycles. The van der Waals surface area contributed by atoms with Crippen LogP contribution in [0.3, 0.4) is 0 Å². The molecule has 148 valence electrons. The summed E-state index contributed by atoms with van der Waals surface area (Å²) in [5, 5.41) is 4.85. The van der Waals surface area contributed by atoms with Gasteiger partial charge in [0, 0.05) is 47.6 Å². The van der Waals surface area contributed by atoms with Crippen molar-refractivity contribution >= 4 is 50.5 Å². The van der Waals surface area contributed by atoms with E-state index in [0.29, 0.717) is 18.7 Å². The average molecular weight is 470 g/mol. The van der Waals surface area contributed by atoms with Crippen LogP contribution in [0.15, 0.2) is 70.5 Å². The Bertz CT molecular complexity index is 980. The van der Waals surface area contributed by atoms with Crippen molar-refractivity contribution in [1.29, 1.82) is 0 Å². The Balaban J connectivity index is 1.33. The molecule has 1 N–H and O–H groups in total. The molecule has 4 rings (SSSR count). The van der Waals surface area contributed by atoms with E-state index in [1.54, 1.807) is 12.1 Å². The zero-order valence-corrected chi connectivity index (χ0v) is 18.1. The summed E-state index contributed by atoms with van der Waals surface area (Å²) >= 11 is 4.86. The molecule has 1 aliphatic rings. The highest BCUT2D eigenvalue weighted by atomic mass is 79.9. The van der Waals surface area contributed by atoms with Gasteiger partial charge in [0.2, 0.25) is 0 Å². The summed E-state index contributed by atoms with van der Waals surface area (Å²) < 4.78 is 0.940. The molecular formula is C22H20BrN3O2S. The van der Waals surface area contributed by atoms with Crippen LogP contribution in [0.5, 0.6) is 0 Å². The summed E-state index contributed by atoms with van der Waals surface area (Å²) in [5.41, 5.74) is 2.46. The molecule has 2 aromatic carbocycles. The van der Waals surface area contributed by atoms with Crippen LogP contribution < -0.4 is 10.2 Å². The summed E-state index contributed by atoms with van der Waals surface area (Å²) in [6.07, 6.45) is 0. The molecule has 0 radical (unpaired) electrons. The van der Waals surface area contributed by atoms with Crippen LogP contribution in [0, 0.1) is 0 Å². The van der Waals surface area contributed by atoms with Gasteiger partial charge in [0.15, 0.2) is 0 Å². The summed E-state index contributed by atoms with van der Waals surface area (Å²) in [6.45, 7) is 3.00. The van der Waals surface area contributed by atoms with Crippen molar-refractivity contribution in [2.24, 2.45) is 0 Å². The fourth-order valence-electron chi connectivity index (χ4n) is 3.28. The third-order valence-corrected chi connectivity index (χ3v) is 6.28. The van der Waals surface area contributed by atoms with Gasteiger partial charge in [-0.1, -0.05) is 22.0 Å². The Morgan fingerprint density at radius 1 is 0.897 bits per heavy atom. The van der Waals surface area contributed by atoms with Crippen LogP contribution in [0.4, 0.5) is 11.4 Å². The number of benzene rings is 2. The monoisotopic (exact) mass is 469 g/mol. The number of anilines is 2. The van der Waals surface area contributed by atoms with Gasteiger partial charge in [-0.15, -0.1) is 11.3 Å². The first-order valence-corrected chi connectivity index (χ1v) is 11.0. The van der Waals surface area contributed by atoms with Gasteiger partial charge in [-0.3, -0.25) is 9.59 Å². The van der Waals surface area contributed by atoms with Crippen LogP contribution in [-0.4, -0.2) is 42.9 Å². The van der Waals surface area contributed by atoms with Gasteiger partial charge in [0.1, 0.15) is 0 Å². The minimum atomic E-state index is -0.133. The Kier molecular flexibility index (Phi) is 5.97. The first-order chi connectivity index (χ1) is 14.1. The number of nitrogens with zero attached hydrogens (tertiary/aromatic N) is 2. The zero-order valence-electron chi connectivity index (χ0n) is 15.7. The number of piperazine rings is 1. The molecule has 0 saturated carbocycles. The van der Waals surface area contributed by atoms with Crippen LogP contribution in [0.1, 0.15) is 20.0 Å². The lowest BCUT2D eigenvalue weighted by Gasteiger charge is -2.36. The van der Waals surface area contributed by atoms with Gasteiger partial charge in [0.25, 0.3) is 11.8 Å². The SMILES string of the molecule is O=C(Nc1ccc(N2CCN(C(=O)c3cccs3)CC2)cc1)c1ccc(Br)cc1. The quantitative estimate of drug-likeness (QED) is 0.600. The molecular weight excluding hydrogens is 450 g/mol. The predicted octanol–water partition coefficient (Wildman–Crippen LogP) is 4.73. The zero-order chi connectivity index (χ0) is 20.2. The summed E-state index contributed by atoms with van der Waals surface area (Å²) in [7, 11) is 0. The van der Waals surface area contributed by atoms with Crippen molar-refractivity contribution in [2.45, 2.75) is 0 Å². The Morgan fingerprint density at radius 3 is 2.21 bits per heavy atom. The smallest absolute Gasteiger partial charge is 0.264 e. The van der Waals surface area contributed by atoms with Crippen LogP contribution in [-0.2, 0) is 0 Å². The third kappa shape index (κ3) is 4.68. The minimum absolute atomic E-state index is 0.116. The second kappa shape index (κ2) is 8.80. The number of rotatable bonds is 4. The van der Waals surface area contributed by atoms with Crippen molar-refractivity contribution in [3.8, 4) is 0 Å². The Hall–Kier alpha value is -2.64. The van der Waals surface area contributed by atoms with Crippen molar-refractivity contribution in [1.82, 2.24) is 4.90 Å². The second-order valence-electron chi connectivity index (χ2n) is 6.76. The van der Waals surface area contributed by atoms with Crippen molar-refractivity contribution in [3.63, 3.8) is 0 Å². The van der Waals surface area contributed by atoms with E-state index in [2.05, 4.69) is 26.1 Å². The van der Waals surface area contributed by atoms with Crippen LogP contribution in [0.2, 0.25) is 0 Å². The van der Waals surface area contributed by atoms with Crippen molar-refractivity contribution in [3.05, 3.63) is 81.0 Å². The number of halogens is 1. The molecule has 1 fully saturated rings. The van der Waals surface area contributed by atoms with Gasteiger partial charge in [-0.25, -0.2) is 0 Å². The fourth-order valence-corrected chi connectivity index (χ4v) is 4.24. The Labute approximate surface area is 182 Å². The molecule has 1 aromatic heterocycles. The molecule has 2 heterocycles. The second-order valence-corrected chi connectivity index (χ2v) is 8.63. The lowest BCUT2D eigenvalue weighted by atomic mass is 10.2. The fraction of sp³-hybridized carbons (Fsp3) is 0.182. The first-order valence-electron chi connectivity index (χ1n) is 9.35. The predicted molar refractivity (Wildman–Crippen MR) is 121 cm³/mol. The molecule has 0 atom stereocenters. The first kappa shape index (κ1) is 19.7. The molecule has 7 heteroatoms. The van der Waals surface area contributed by atoms with Crippen molar-refractivity contribution in [2.75, 3.05) is 36.4 Å². The molecule has 0 unspecified atom stereocenters. The van der Waals surface area contributed by atoms with Crippen LogP contribution in [0.25, 0.3) is 0 Å². The van der Waals surface area contributed by atoms with Crippen LogP contribution >= 0.6 is 27.3 Å². The maximum Gasteiger partial charge on any atom is 0.264 e. The number of thiophene rings is 1. The van der Waals surface area contributed by atoms with Gasteiger partial charge >= 0.3 is 0 Å². The maximum absolute atomic E-state index is 12.5. The van der Waals surface area contributed by atoms with E-state index in [9.17, 15) is 9.59 Å². The standard InChI is InChI=1S/C22H20BrN3O2S/c23-17-5-3-16(4-6-17)21(27)24-18-7-9-19(10-8-18)25-11-13-26(14-12-25)22(28)20-2-1-15-29-20/h1-10,15H,11-14H2,(H,24,27). The highest BCUT2D eigenvalue weighted by molar-refractivity contribution is 9.10. The normalized spacial score (nSPS) is 14.0. The molecule has 0 spiro atoms. The summed E-state index contributed by atoms with van der Waals surface area (Å²) in [4.78, 5) is 29.8. The van der Waals surface area contributed by atoms with E-state index in [4.69, 9.17) is 0 Å².